The molecule has 0 saturated carbocycles. The maximum absolute atomic E-state index is 6.19. The van der Waals surface area contributed by atoms with E-state index in [4.69, 9.17) is 16.3 Å². The number of hydrogen-bond acceptors (Lipinski definition) is 2. The molecule has 0 saturated heterocycles. The maximum atomic E-state index is 6.19. The van der Waals surface area contributed by atoms with Gasteiger partial charge >= 0.3 is 0 Å². The second-order valence-corrected chi connectivity index (χ2v) is 4.97. The fourth-order valence-electron chi connectivity index (χ4n) is 2.24. The second kappa shape index (κ2) is 5.47. The van der Waals surface area contributed by atoms with Crippen LogP contribution in [0.4, 0.5) is 5.69 Å². The molecule has 0 bridgehead atoms. The Morgan fingerprint density at radius 3 is 2.90 bits per heavy atom. The lowest BCUT2D eigenvalue weighted by molar-refractivity contribution is 0.415. The summed E-state index contributed by atoms with van der Waals surface area (Å²) in [6.45, 7) is 0.705. The minimum absolute atomic E-state index is 0.686. The number of halogens is 1. The standard InChI is InChI=1S/C16H15ClN2O/c1-20-12-6-7-14(17)16(8-12)19-10-11-9-18-15-5-3-2-4-13(11)15/h2-9,18-19H,10H2,1H3. The summed E-state index contributed by atoms with van der Waals surface area (Å²) < 4.78 is 5.21. The van der Waals surface area contributed by atoms with Crippen molar-refractivity contribution >= 4 is 28.2 Å². The molecule has 3 nitrogen and oxygen atoms in total. The highest BCUT2D eigenvalue weighted by Gasteiger charge is 2.05. The molecule has 0 radical (unpaired) electrons. The van der Waals surface area contributed by atoms with Crippen molar-refractivity contribution in [1.29, 1.82) is 0 Å². The molecular weight excluding hydrogens is 272 g/mol. The molecule has 0 amide bonds. The maximum Gasteiger partial charge on any atom is 0.121 e. The van der Waals surface area contributed by atoms with Crippen LogP contribution in [-0.4, -0.2) is 12.1 Å². The van der Waals surface area contributed by atoms with Gasteiger partial charge in [0, 0.05) is 29.7 Å². The molecule has 2 N–H and O–H groups in total. The number of fused-ring (bicyclic) bond motifs is 1. The minimum Gasteiger partial charge on any atom is -0.497 e. The largest absolute Gasteiger partial charge is 0.497 e. The van der Waals surface area contributed by atoms with Crippen LogP contribution >= 0.6 is 11.6 Å². The number of hydrogen-bond donors (Lipinski definition) is 2. The third-order valence-corrected chi connectivity index (χ3v) is 3.65. The van der Waals surface area contributed by atoms with Gasteiger partial charge in [0.1, 0.15) is 5.75 Å². The topological polar surface area (TPSA) is 37.0 Å². The smallest absolute Gasteiger partial charge is 0.121 e. The fraction of sp³-hybridized carbons (Fsp3) is 0.125. The highest BCUT2D eigenvalue weighted by Crippen LogP contribution is 2.28. The number of aromatic nitrogens is 1. The Labute approximate surface area is 122 Å². The SMILES string of the molecule is COc1ccc(Cl)c(NCc2c[nH]c3ccccc23)c1. The zero-order valence-corrected chi connectivity index (χ0v) is 11.9. The number of ether oxygens (including phenoxy) is 1. The van der Waals surface area contributed by atoms with Gasteiger partial charge in [0.05, 0.1) is 17.8 Å². The van der Waals surface area contributed by atoms with E-state index in [2.05, 4.69) is 22.4 Å². The normalized spacial score (nSPS) is 10.7. The summed E-state index contributed by atoms with van der Waals surface area (Å²) in [6.07, 6.45) is 2.02. The molecule has 1 heterocycles. The van der Waals surface area contributed by atoms with Crippen molar-refractivity contribution in [1.82, 2.24) is 4.98 Å². The first-order chi connectivity index (χ1) is 9.78. The lowest BCUT2D eigenvalue weighted by atomic mass is 10.2. The van der Waals surface area contributed by atoms with Crippen LogP contribution in [0.25, 0.3) is 10.9 Å². The van der Waals surface area contributed by atoms with Crippen LogP contribution in [0.1, 0.15) is 5.56 Å². The average Bonchev–Trinajstić information content (AvgIpc) is 2.90. The van der Waals surface area contributed by atoms with Gasteiger partial charge in [-0.2, -0.15) is 0 Å². The molecule has 102 valence electrons. The highest BCUT2D eigenvalue weighted by atomic mass is 35.5. The third kappa shape index (κ3) is 2.45. The Morgan fingerprint density at radius 2 is 2.05 bits per heavy atom. The summed E-state index contributed by atoms with van der Waals surface area (Å²) in [6, 6.07) is 13.8. The predicted molar refractivity (Wildman–Crippen MR) is 83.6 cm³/mol. The molecule has 0 aliphatic rings. The van der Waals surface area contributed by atoms with E-state index in [-0.39, 0.29) is 0 Å². The quantitative estimate of drug-likeness (QED) is 0.744. The van der Waals surface area contributed by atoms with Crippen LogP contribution in [-0.2, 0) is 6.54 Å². The van der Waals surface area contributed by atoms with Crippen molar-refractivity contribution < 1.29 is 4.74 Å². The van der Waals surface area contributed by atoms with Gasteiger partial charge in [-0.25, -0.2) is 0 Å². The van der Waals surface area contributed by atoms with Gasteiger partial charge in [-0.05, 0) is 23.8 Å². The molecule has 0 fully saturated rings. The number of H-pyrrole nitrogens is 1. The van der Waals surface area contributed by atoms with Crippen molar-refractivity contribution in [2.45, 2.75) is 6.54 Å². The van der Waals surface area contributed by atoms with E-state index < -0.39 is 0 Å². The van der Waals surface area contributed by atoms with E-state index in [9.17, 15) is 0 Å². The van der Waals surface area contributed by atoms with Crippen molar-refractivity contribution in [2.24, 2.45) is 0 Å². The van der Waals surface area contributed by atoms with Crippen LogP contribution in [0.2, 0.25) is 5.02 Å². The van der Waals surface area contributed by atoms with Gasteiger partial charge in [0.25, 0.3) is 0 Å². The van der Waals surface area contributed by atoms with E-state index >= 15 is 0 Å². The molecular formula is C16H15ClN2O. The summed E-state index contributed by atoms with van der Waals surface area (Å²) in [4.78, 5) is 3.26. The number of anilines is 1. The van der Waals surface area contributed by atoms with Crippen LogP contribution < -0.4 is 10.1 Å². The summed E-state index contributed by atoms with van der Waals surface area (Å²) >= 11 is 6.19. The molecule has 3 aromatic rings. The Balaban J connectivity index is 1.83. The van der Waals surface area contributed by atoms with Gasteiger partial charge in [-0.15, -0.1) is 0 Å². The molecule has 0 spiro atoms. The van der Waals surface area contributed by atoms with Gasteiger partial charge in [0.2, 0.25) is 0 Å². The Morgan fingerprint density at radius 1 is 1.20 bits per heavy atom. The molecule has 3 rings (SSSR count). The van der Waals surface area contributed by atoms with Crippen molar-refractivity contribution in [2.75, 3.05) is 12.4 Å². The van der Waals surface area contributed by atoms with Gasteiger partial charge in [-0.1, -0.05) is 29.8 Å². The van der Waals surface area contributed by atoms with Crippen LogP contribution in [0.5, 0.6) is 5.75 Å². The summed E-state index contributed by atoms with van der Waals surface area (Å²) in [5.41, 5.74) is 3.22. The monoisotopic (exact) mass is 286 g/mol. The zero-order chi connectivity index (χ0) is 13.9. The van der Waals surface area contributed by atoms with Crippen molar-refractivity contribution in [3.8, 4) is 5.75 Å². The van der Waals surface area contributed by atoms with Gasteiger partial charge in [-0.3, -0.25) is 0 Å². The van der Waals surface area contributed by atoms with Crippen molar-refractivity contribution in [3.05, 3.63) is 59.2 Å². The number of rotatable bonds is 4. The Hall–Kier alpha value is -2.13. The van der Waals surface area contributed by atoms with Gasteiger partial charge < -0.3 is 15.0 Å². The minimum atomic E-state index is 0.686. The average molecular weight is 287 g/mol. The predicted octanol–water partition coefficient (Wildman–Crippen LogP) is 4.44. The van der Waals surface area contributed by atoms with E-state index in [1.807, 2.05) is 36.5 Å². The molecule has 2 aromatic carbocycles. The second-order valence-electron chi connectivity index (χ2n) is 4.56. The number of para-hydroxylation sites is 1. The van der Waals surface area contributed by atoms with E-state index in [0.29, 0.717) is 11.6 Å². The Bertz CT molecular complexity index is 736. The summed E-state index contributed by atoms with van der Waals surface area (Å²) in [7, 11) is 1.65. The lowest BCUT2D eigenvalue weighted by Gasteiger charge is -2.09. The van der Waals surface area contributed by atoms with Gasteiger partial charge in [0.15, 0.2) is 0 Å². The van der Waals surface area contributed by atoms with Crippen LogP contribution in [0.15, 0.2) is 48.7 Å². The third-order valence-electron chi connectivity index (χ3n) is 3.32. The number of nitrogens with one attached hydrogen (secondary N) is 2. The van der Waals surface area contributed by atoms with E-state index in [1.54, 1.807) is 7.11 Å². The molecule has 1 aromatic heterocycles. The van der Waals surface area contributed by atoms with Crippen molar-refractivity contribution in [3.63, 3.8) is 0 Å². The number of methoxy groups -OCH3 is 1. The summed E-state index contributed by atoms with van der Waals surface area (Å²) in [5, 5.41) is 5.26. The first kappa shape index (κ1) is 12.9. The number of aromatic amines is 1. The zero-order valence-electron chi connectivity index (χ0n) is 11.1. The molecule has 0 atom stereocenters. The number of benzene rings is 2. The van der Waals surface area contributed by atoms with E-state index in [0.717, 1.165) is 17.0 Å². The first-order valence-corrected chi connectivity index (χ1v) is 6.78. The summed E-state index contributed by atoms with van der Waals surface area (Å²) in [5.74, 6) is 0.788. The van der Waals surface area contributed by atoms with E-state index in [1.165, 1.54) is 10.9 Å². The highest BCUT2D eigenvalue weighted by molar-refractivity contribution is 6.33. The lowest BCUT2D eigenvalue weighted by Crippen LogP contribution is -1.99. The first-order valence-electron chi connectivity index (χ1n) is 6.40. The van der Waals surface area contributed by atoms with Crippen LogP contribution in [0, 0.1) is 0 Å². The molecule has 0 aliphatic heterocycles. The molecule has 20 heavy (non-hydrogen) atoms. The van der Waals surface area contributed by atoms with Crippen LogP contribution in [0.3, 0.4) is 0 Å². The Kier molecular flexibility index (Phi) is 3.52. The molecule has 0 aliphatic carbocycles. The molecule has 0 unspecified atom stereocenters. The molecule has 4 heteroatoms. The fourth-order valence-corrected chi connectivity index (χ4v) is 2.42.